The number of hydrogen-bond donors (Lipinski definition) is 1. The van der Waals surface area contributed by atoms with Gasteiger partial charge in [-0.15, -0.1) is 0 Å². The number of nitrogens with two attached hydrogens (primary N) is 1. The highest BCUT2D eigenvalue weighted by molar-refractivity contribution is 4.60. The smallest absolute Gasteiger partial charge is 0.0806 e. The standard InChI is InChI=1S/C12H27NO2/c1-4-7-8-14-10-12(6-3)15-9-11(13)5-2/h11-12H,4-10,13H2,1-3H3. The van der Waals surface area contributed by atoms with E-state index in [-0.39, 0.29) is 12.1 Å². The fourth-order valence-corrected chi connectivity index (χ4v) is 1.12. The maximum Gasteiger partial charge on any atom is 0.0806 e. The number of hydrogen-bond acceptors (Lipinski definition) is 3. The Bertz CT molecular complexity index is 131. The number of rotatable bonds is 10. The monoisotopic (exact) mass is 217 g/mol. The Kier molecular flexibility index (Phi) is 10.3. The Morgan fingerprint density at radius 2 is 1.80 bits per heavy atom. The van der Waals surface area contributed by atoms with E-state index >= 15 is 0 Å². The van der Waals surface area contributed by atoms with E-state index in [1.165, 1.54) is 6.42 Å². The Labute approximate surface area is 94.3 Å². The van der Waals surface area contributed by atoms with E-state index in [0.29, 0.717) is 13.2 Å². The second kappa shape index (κ2) is 10.4. The predicted molar refractivity (Wildman–Crippen MR) is 64.0 cm³/mol. The van der Waals surface area contributed by atoms with Crippen LogP contribution in [0.3, 0.4) is 0 Å². The van der Waals surface area contributed by atoms with Crippen molar-refractivity contribution in [3.8, 4) is 0 Å². The van der Waals surface area contributed by atoms with Crippen molar-refractivity contribution in [3.63, 3.8) is 0 Å². The average molecular weight is 217 g/mol. The van der Waals surface area contributed by atoms with Crippen LogP contribution in [-0.4, -0.2) is 32.0 Å². The van der Waals surface area contributed by atoms with E-state index in [4.69, 9.17) is 15.2 Å². The van der Waals surface area contributed by atoms with Gasteiger partial charge < -0.3 is 15.2 Å². The second-order valence-corrected chi connectivity index (χ2v) is 3.96. The fraction of sp³-hybridized carbons (Fsp3) is 1.00. The Hall–Kier alpha value is -0.120. The highest BCUT2D eigenvalue weighted by Gasteiger charge is 2.08. The van der Waals surface area contributed by atoms with Gasteiger partial charge in [0.05, 0.1) is 19.3 Å². The van der Waals surface area contributed by atoms with Crippen LogP contribution in [0.2, 0.25) is 0 Å². The van der Waals surface area contributed by atoms with Crippen molar-refractivity contribution in [2.24, 2.45) is 5.73 Å². The predicted octanol–water partition coefficient (Wildman–Crippen LogP) is 2.34. The minimum absolute atomic E-state index is 0.162. The van der Waals surface area contributed by atoms with Gasteiger partial charge in [-0.1, -0.05) is 27.2 Å². The zero-order chi connectivity index (χ0) is 11.5. The highest BCUT2D eigenvalue weighted by atomic mass is 16.5. The molecule has 0 aliphatic heterocycles. The SMILES string of the molecule is CCCCOCC(CC)OCC(N)CC. The lowest BCUT2D eigenvalue weighted by Gasteiger charge is -2.18. The molecule has 2 atom stereocenters. The molecule has 0 aliphatic carbocycles. The van der Waals surface area contributed by atoms with Crippen LogP contribution in [0.25, 0.3) is 0 Å². The normalized spacial score (nSPS) is 15.2. The van der Waals surface area contributed by atoms with E-state index in [1.807, 2.05) is 0 Å². The molecule has 3 heteroatoms. The molecule has 15 heavy (non-hydrogen) atoms. The van der Waals surface area contributed by atoms with Gasteiger partial charge in [0.1, 0.15) is 0 Å². The topological polar surface area (TPSA) is 44.5 Å². The molecule has 0 amide bonds. The molecule has 0 aromatic heterocycles. The summed E-state index contributed by atoms with van der Waals surface area (Å²) in [6.45, 7) is 8.55. The van der Waals surface area contributed by atoms with Gasteiger partial charge in [0, 0.05) is 12.6 Å². The number of unbranched alkanes of at least 4 members (excludes halogenated alkanes) is 1. The van der Waals surface area contributed by atoms with Crippen molar-refractivity contribution in [2.75, 3.05) is 19.8 Å². The lowest BCUT2D eigenvalue weighted by atomic mass is 10.2. The largest absolute Gasteiger partial charge is 0.379 e. The van der Waals surface area contributed by atoms with Crippen LogP contribution in [0, 0.1) is 0 Å². The van der Waals surface area contributed by atoms with E-state index in [2.05, 4.69) is 20.8 Å². The summed E-state index contributed by atoms with van der Waals surface area (Å²) >= 11 is 0. The lowest BCUT2D eigenvalue weighted by molar-refractivity contribution is -0.0232. The van der Waals surface area contributed by atoms with Gasteiger partial charge in [-0.3, -0.25) is 0 Å². The van der Waals surface area contributed by atoms with Crippen LogP contribution in [0.15, 0.2) is 0 Å². The fourth-order valence-electron chi connectivity index (χ4n) is 1.12. The Morgan fingerprint density at radius 3 is 2.33 bits per heavy atom. The van der Waals surface area contributed by atoms with Crippen LogP contribution < -0.4 is 5.73 Å². The summed E-state index contributed by atoms with van der Waals surface area (Å²) in [5, 5.41) is 0. The molecule has 0 radical (unpaired) electrons. The van der Waals surface area contributed by atoms with Crippen molar-refractivity contribution in [2.45, 2.75) is 58.6 Å². The van der Waals surface area contributed by atoms with Gasteiger partial charge in [-0.25, -0.2) is 0 Å². The third kappa shape index (κ3) is 8.85. The van der Waals surface area contributed by atoms with Crippen molar-refractivity contribution in [3.05, 3.63) is 0 Å². The van der Waals surface area contributed by atoms with Crippen LogP contribution in [0.1, 0.15) is 46.5 Å². The van der Waals surface area contributed by atoms with E-state index < -0.39 is 0 Å². The summed E-state index contributed by atoms with van der Waals surface area (Å²) in [5.41, 5.74) is 5.79. The first-order valence-corrected chi connectivity index (χ1v) is 6.19. The van der Waals surface area contributed by atoms with Crippen molar-refractivity contribution >= 4 is 0 Å². The first kappa shape index (κ1) is 14.9. The molecule has 2 unspecified atom stereocenters. The molecule has 92 valence electrons. The molecule has 0 aromatic carbocycles. The van der Waals surface area contributed by atoms with Crippen molar-refractivity contribution in [1.82, 2.24) is 0 Å². The Balaban J connectivity index is 3.46. The molecule has 3 nitrogen and oxygen atoms in total. The van der Waals surface area contributed by atoms with E-state index in [0.717, 1.165) is 25.9 Å². The summed E-state index contributed by atoms with van der Waals surface area (Å²) in [6.07, 6.45) is 4.47. The molecule has 0 aliphatic rings. The first-order valence-electron chi connectivity index (χ1n) is 6.19. The van der Waals surface area contributed by atoms with Crippen LogP contribution in [0.5, 0.6) is 0 Å². The third-order valence-electron chi connectivity index (χ3n) is 2.47. The first-order chi connectivity index (χ1) is 7.24. The molecular weight excluding hydrogens is 190 g/mol. The van der Waals surface area contributed by atoms with Gasteiger partial charge >= 0.3 is 0 Å². The molecule has 0 heterocycles. The molecule has 0 saturated carbocycles. The van der Waals surface area contributed by atoms with Gasteiger partial charge in [0.2, 0.25) is 0 Å². The molecule has 0 saturated heterocycles. The molecule has 0 aromatic rings. The summed E-state index contributed by atoms with van der Waals surface area (Å²) in [7, 11) is 0. The van der Waals surface area contributed by atoms with Crippen molar-refractivity contribution in [1.29, 1.82) is 0 Å². The minimum Gasteiger partial charge on any atom is -0.379 e. The Morgan fingerprint density at radius 1 is 1.07 bits per heavy atom. The van der Waals surface area contributed by atoms with Crippen LogP contribution in [-0.2, 0) is 9.47 Å². The van der Waals surface area contributed by atoms with E-state index in [1.54, 1.807) is 0 Å². The summed E-state index contributed by atoms with van der Waals surface area (Å²) in [4.78, 5) is 0. The quantitative estimate of drug-likeness (QED) is 0.571. The molecule has 0 spiro atoms. The van der Waals surface area contributed by atoms with Gasteiger partial charge in [-0.2, -0.15) is 0 Å². The zero-order valence-electron chi connectivity index (χ0n) is 10.5. The average Bonchev–Trinajstić information content (AvgIpc) is 2.27. The molecule has 2 N–H and O–H groups in total. The second-order valence-electron chi connectivity index (χ2n) is 3.96. The third-order valence-corrected chi connectivity index (χ3v) is 2.47. The van der Waals surface area contributed by atoms with Crippen LogP contribution >= 0.6 is 0 Å². The zero-order valence-corrected chi connectivity index (χ0v) is 10.5. The van der Waals surface area contributed by atoms with Gasteiger partial charge in [0.25, 0.3) is 0 Å². The summed E-state index contributed by atoms with van der Waals surface area (Å²) < 4.78 is 11.2. The van der Waals surface area contributed by atoms with E-state index in [9.17, 15) is 0 Å². The maximum absolute atomic E-state index is 5.79. The van der Waals surface area contributed by atoms with Gasteiger partial charge in [0.15, 0.2) is 0 Å². The molecule has 0 bridgehead atoms. The summed E-state index contributed by atoms with van der Waals surface area (Å²) in [5.74, 6) is 0. The van der Waals surface area contributed by atoms with Gasteiger partial charge in [-0.05, 0) is 19.3 Å². The van der Waals surface area contributed by atoms with Crippen molar-refractivity contribution < 1.29 is 9.47 Å². The highest BCUT2D eigenvalue weighted by Crippen LogP contribution is 2.01. The molecule has 0 rings (SSSR count). The number of ether oxygens (including phenoxy) is 2. The molecule has 0 fully saturated rings. The lowest BCUT2D eigenvalue weighted by Crippen LogP contribution is -2.30. The summed E-state index contributed by atoms with van der Waals surface area (Å²) in [6, 6.07) is 0.162. The molecular formula is C12H27NO2. The van der Waals surface area contributed by atoms with Crippen LogP contribution in [0.4, 0.5) is 0 Å². The minimum atomic E-state index is 0.162. The maximum atomic E-state index is 5.79.